The Labute approximate surface area is 105 Å². The first-order valence-corrected chi connectivity index (χ1v) is 5.67. The maximum Gasteiger partial charge on any atom is 0.0991 e. The SMILES string of the molecule is Cc1cc(C#N)ccc1Cn1cc(Cl)c(C)n1. The lowest BCUT2D eigenvalue weighted by Gasteiger charge is -2.06. The molecule has 0 aliphatic carbocycles. The van der Waals surface area contributed by atoms with Crippen LogP contribution in [-0.2, 0) is 6.54 Å². The number of benzene rings is 1. The van der Waals surface area contributed by atoms with Crippen LogP contribution in [0.2, 0.25) is 5.02 Å². The van der Waals surface area contributed by atoms with Crippen LogP contribution < -0.4 is 0 Å². The summed E-state index contributed by atoms with van der Waals surface area (Å²) in [5.74, 6) is 0. The van der Waals surface area contributed by atoms with Gasteiger partial charge in [0, 0.05) is 6.20 Å². The zero-order valence-electron chi connectivity index (χ0n) is 9.74. The fraction of sp³-hybridized carbons (Fsp3) is 0.231. The Kier molecular flexibility index (Phi) is 3.16. The first-order chi connectivity index (χ1) is 8.10. The molecule has 0 amide bonds. The van der Waals surface area contributed by atoms with E-state index in [9.17, 15) is 0 Å². The van der Waals surface area contributed by atoms with Gasteiger partial charge in [-0.1, -0.05) is 17.7 Å². The number of aromatic nitrogens is 2. The van der Waals surface area contributed by atoms with Gasteiger partial charge in [0.05, 0.1) is 28.9 Å². The molecule has 2 rings (SSSR count). The number of halogens is 1. The van der Waals surface area contributed by atoms with E-state index in [0.29, 0.717) is 17.1 Å². The maximum atomic E-state index is 8.80. The largest absolute Gasteiger partial charge is 0.267 e. The zero-order valence-corrected chi connectivity index (χ0v) is 10.5. The maximum absolute atomic E-state index is 8.80. The molecule has 0 saturated carbocycles. The Balaban J connectivity index is 2.28. The van der Waals surface area contributed by atoms with Crippen molar-refractivity contribution in [1.29, 1.82) is 5.26 Å². The van der Waals surface area contributed by atoms with Crippen molar-refractivity contribution in [3.05, 3.63) is 51.8 Å². The third-order valence-corrected chi connectivity index (χ3v) is 3.06. The van der Waals surface area contributed by atoms with Crippen molar-refractivity contribution < 1.29 is 0 Å². The van der Waals surface area contributed by atoms with Crippen LogP contribution in [0.3, 0.4) is 0 Å². The standard InChI is InChI=1S/C13H12ClN3/c1-9-5-11(6-15)3-4-12(9)7-17-8-13(14)10(2)16-17/h3-5,8H,7H2,1-2H3. The molecule has 0 atom stereocenters. The van der Waals surface area contributed by atoms with Crippen LogP contribution >= 0.6 is 11.6 Å². The summed E-state index contributed by atoms with van der Waals surface area (Å²) in [4.78, 5) is 0. The molecule has 0 fully saturated rings. The van der Waals surface area contributed by atoms with E-state index >= 15 is 0 Å². The minimum atomic E-state index is 0.672. The molecule has 1 aromatic carbocycles. The van der Waals surface area contributed by atoms with Gasteiger partial charge in [-0.15, -0.1) is 0 Å². The second-order valence-corrected chi connectivity index (χ2v) is 4.42. The number of aryl methyl sites for hydroxylation is 2. The van der Waals surface area contributed by atoms with Crippen molar-refractivity contribution in [1.82, 2.24) is 9.78 Å². The van der Waals surface area contributed by atoms with Gasteiger partial charge in [0.1, 0.15) is 0 Å². The fourth-order valence-corrected chi connectivity index (χ4v) is 1.84. The lowest BCUT2D eigenvalue weighted by molar-refractivity contribution is 0.677. The Hall–Kier alpha value is -1.79. The first kappa shape index (κ1) is 11.7. The van der Waals surface area contributed by atoms with Crippen LogP contribution in [-0.4, -0.2) is 9.78 Å². The number of hydrogen-bond donors (Lipinski definition) is 0. The van der Waals surface area contributed by atoms with E-state index in [4.69, 9.17) is 16.9 Å². The molecule has 0 aliphatic rings. The van der Waals surface area contributed by atoms with Crippen LogP contribution in [0.4, 0.5) is 0 Å². The van der Waals surface area contributed by atoms with Crippen molar-refractivity contribution >= 4 is 11.6 Å². The van der Waals surface area contributed by atoms with E-state index in [1.54, 1.807) is 0 Å². The molecule has 0 saturated heterocycles. The highest BCUT2D eigenvalue weighted by Gasteiger charge is 2.05. The van der Waals surface area contributed by atoms with Gasteiger partial charge in [0.2, 0.25) is 0 Å². The van der Waals surface area contributed by atoms with Crippen LogP contribution in [0.25, 0.3) is 0 Å². The van der Waals surface area contributed by atoms with Crippen molar-refractivity contribution in [2.75, 3.05) is 0 Å². The zero-order chi connectivity index (χ0) is 12.4. The lowest BCUT2D eigenvalue weighted by atomic mass is 10.1. The molecule has 4 heteroatoms. The monoisotopic (exact) mass is 245 g/mol. The minimum absolute atomic E-state index is 0.672. The van der Waals surface area contributed by atoms with Crippen molar-refractivity contribution in [2.45, 2.75) is 20.4 Å². The van der Waals surface area contributed by atoms with Crippen LogP contribution in [0.15, 0.2) is 24.4 Å². The Morgan fingerprint density at radius 2 is 2.18 bits per heavy atom. The van der Waals surface area contributed by atoms with E-state index < -0.39 is 0 Å². The average molecular weight is 246 g/mol. The predicted octanol–water partition coefficient (Wildman–Crippen LogP) is 3.07. The average Bonchev–Trinajstić information content (AvgIpc) is 2.61. The molecule has 0 spiro atoms. The van der Waals surface area contributed by atoms with Crippen LogP contribution in [0.5, 0.6) is 0 Å². The van der Waals surface area contributed by atoms with Gasteiger partial charge in [-0.25, -0.2) is 0 Å². The van der Waals surface area contributed by atoms with Gasteiger partial charge in [-0.3, -0.25) is 4.68 Å². The smallest absolute Gasteiger partial charge is 0.0991 e. The van der Waals surface area contributed by atoms with Crippen LogP contribution in [0, 0.1) is 25.2 Å². The van der Waals surface area contributed by atoms with Gasteiger partial charge < -0.3 is 0 Å². The van der Waals surface area contributed by atoms with E-state index in [-0.39, 0.29) is 0 Å². The van der Waals surface area contributed by atoms with Gasteiger partial charge in [0.25, 0.3) is 0 Å². The highest BCUT2D eigenvalue weighted by Crippen LogP contribution is 2.16. The Bertz CT molecular complexity index is 574. The third kappa shape index (κ3) is 2.48. The predicted molar refractivity (Wildman–Crippen MR) is 67.0 cm³/mol. The van der Waals surface area contributed by atoms with E-state index in [1.807, 2.05) is 42.9 Å². The number of nitriles is 1. The van der Waals surface area contributed by atoms with Crippen molar-refractivity contribution in [3.8, 4) is 6.07 Å². The first-order valence-electron chi connectivity index (χ1n) is 5.29. The topological polar surface area (TPSA) is 41.6 Å². The normalized spacial score (nSPS) is 10.2. The molecule has 1 heterocycles. The second-order valence-electron chi connectivity index (χ2n) is 4.01. The quantitative estimate of drug-likeness (QED) is 0.816. The molecule has 17 heavy (non-hydrogen) atoms. The molecule has 3 nitrogen and oxygen atoms in total. The van der Waals surface area contributed by atoms with E-state index in [0.717, 1.165) is 16.8 Å². The number of rotatable bonds is 2. The van der Waals surface area contributed by atoms with Crippen molar-refractivity contribution in [3.63, 3.8) is 0 Å². The molecule has 0 aliphatic heterocycles. The summed E-state index contributed by atoms with van der Waals surface area (Å²) in [5, 5.41) is 13.8. The van der Waals surface area contributed by atoms with Gasteiger partial charge in [-0.05, 0) is 37.1 Å². The summed E-state index contributed by atoms with van der Waals surface area (Å²) < 4.78 is 1.81. The number of hydrogen-bond acceptors (Lipinski definition) is 2. The molecular formula is C13H12ClN3. The molecule has 0 N–H and O–H groups in total. The molecule has 2 aromatic rings. The second kappa shape index (κ2) is 4.60. The van der Waals surface area contributed by atoms with E-state index in [1.165, 1.54) is 0 Å². The minimum Gasteiger partial charge on any atom is -0.267 e. The molecular weight excluding hydrogens is 234 g/mol. The Morgan fingerprint density at radius 3 is 2.71 bits per heavy atom. The highest BCUT2D eigenvalue weighted by atomic mass is 35.5. The summed E-state index contributed by atoms with van der Waals surface area (Å²) >= 11 is 5.96. The summed E-state index contributed by atoms with van der Waals surface area (Å²) in [6.45, 7) is 4.55. The summed E-state index contributed by atoms with van der Waals surface area (Å²) in [7, 11) is 0. The summed E-state index contributed by atoms with van der Waals surface area (Å²) in [6.07, 6.45) is 1.81. The molecule has 1 aromatic heterocycles. The molecule has 0 bridgehead atoms. The number of nitrogens with zero attached hydrogens (tertiary/aromatic N) is 3. The fourth-order valence-electron chi connectivity index (χ4n) is 1.69. The molecule has 0 unspecified atom stereocenters. The highest BCUT2D eigenvalue weighted by molar-refractivity contribution is 6.31. The lowest BCUT2D eigenvalue weighted by Crippen LogP contribution is -2.02. The third-order valence-electron chi connectivity index (χ3n) is 2.69. The van der Waals surface area contributed by atoms with Gasteiger partial charge in [0.15, 0.2) is 0 Å². The van der Waals surface area contributed by atoms with Gasteiger partial charge in [-0.2, -0.15) is 10.4 Å². The summed E-state index contributed by atoms with van der Waals surface area (Å²) in [6, 6.07) is 7.79. The summed E-state index contributed by atoms with van der Waals surface area (Å²) in [5.41, 5.74) is 3.75. The van der Waals surface area contributed by atoms with Crippen LogP contribution in [0.1, 0.15) is 22.4 Å². The molecule has 0 radical (unpaired) electrons. The Morgan fingerprint density at radius 1 is 1.41 bits per heavy atom. The van der Waals surface area contributed by atoms with Gasteiger partial charge >= 0.3 is 0 Å². The molecule has 86 valence electrons. The van der Waals surface area contributed by atoms with E-state index in [2.05, 4.69) is 11.2 Å². The van der Waals surface area contributed by atoms with Crippen molar-refractivity contribution in [2.24, 2.45) is 0 Å².